The number of rotatable bonds is 9. The van der Waals surface area contributed by atoms with Crippen LogP contribution in [0.5, 0.6) is 0 Å². The Balaban J connectivity index is 1.72. The number of piperidine rings is 1. The lowest BCUT2D eigenvalue weighted by Gasteiger charge is -2.44. The number of Topliss-reactive ketones (excluding diaryl/α,β-unsaturated/α-hetero) is 2. The van der Waals surface area contributed by atoms with Gasteiger partial charge in [-0.15, -0.1) is 0 Å². The summed E-state index contributed by atoms with van der Waals surface area (Å²) in [6.07, 6.45) is 13.8. The maximum atomic E-state index is 14.7. The molecule has 1 amide bonds. The molecule has 1 unspecified atom stereocenters. The van der Waals surface area contributed by atoms with E-state index >= 15 is 0 Å². The number of esters is 1. The van der Waals surface area contributed by atoms with Crippen molar-refractivity contribution in [2.24, 2.45) is 35.5 Å². The minimum atomic E-state index is -2.41. The molecule has 0 radical (unpaired) electrons. The third-order valence-corrected chi connectivity index (χ3v) is 21.6. The summed E-state index contributed by atoms with van der Waals surface area (Å²) < 4.78 is 43.4. The van der Waals surface area contributed by atoms with Crippen LogP contribution in [0.2, 0.25) is 18.1 Å². The molecule has 15 heteroatoms. The normalized spacial score (nSPS) is 37.6. The lowest BCUT2D eigenvalue weighted by Crippen LogP contribution is -2.61. The summed E-state index contributed by atoms with van der Waals surface area (Å²) >= 11 is 0. The maximum absolute atomic E-state index is 14.7. The summed E-state index contributed by atoms with van der Waals surface area (Å²) in [6, 6.07) is -1.09. The smallest absolute Gasteiger partial charge is 0.329 e. The number of methoxy groups -OCH3 is 4. The van der Waals surface area contributed by atoms with Gasteiger partial charge in [0.15, 0.2) is 14.1 Å². The number of hydrogen-bond donors (Lipinski definition) is 2. The van der Waals surface area contributed by atoms with Gasteiger partial charge in [0.1, 0.15) is 24.4 Å². The van der Waals surface area contributed by atoms with Crippen molar-refractivity contribution >= 4 is 31.8 Å². The zero-order chi connectivity index (χ0) is 54.6. The highest BCUT2D eigenvalue weighted by Gasteiger charge is 2.53. The number of fused-ring (bicyclic) bond motifs is 3. The molecule has 3 aliphatic heterocycles. The third kappa shape index (κ3) is 16.6. The zero-order valence-electron chi connectivity index (χ0n) is 47.6. The Hall–Kier alpha value is -2.86. The van der Waals surface area contributed by atoms with Crippen LogP contribution in [-0.4, -0.2) is 143 Å². The second-order valence-corrected chi connectivity index (χ2v) is 28.6. The minimum absolute atomic E-state index is 0.0224. The van der Waals surface area contributed by atoms with Crippen molar-refractivity contribution in [3.63, 3.8) is 0 Å². The number of carbonyl (C=O) groups excluding carboxylic acids is 4. The molecule has 3 fully saturated rings. The summed E-state index contributed by atoms with van der Waals surface area (Å²) in [5, 5.41) is 24.2. The van der Waals surface area contributed by atoms with E-state index in [1.807, 2.05) is 65.0 Å². The summed E-state index contributed by atoms with van der Waals surface area (Å²) in [7, 11) is 4.33. The molecule has 2 saturated heterocycles. The monoisotopic (exact) mass is 1040 g/mol. The molecule has 0 aromatic carbocycles. The SMILES string of the molecule is CO[C@H]1C[C@@H]2CC[C@@H](C)[C@@](O)(O2)C(=O)C(=O)N2CCCC[C@H]2C(=O)O[C@H]([C@H](C)C[C@@H]2CCC(O[Si](C)(C)C(C)(C)C)[C@H](OC)C2)C[C@@H](O)[C@H](C)/C=C(\C)[C@@H](OC)[C@@H](OC)C(=O)[C@H](C)C[C@H](C)/C=C/C=CC=C1C. The first-order chi connectivity index (χ1) is 34.2. The van der Waals surface area contributed by atoms with Crippen LogP contribution >= 0.6 is 0 Å². The Morgan fingerprint density at radius 3 is 2.12 bits per heavy atom. The van der Waals surface area contributed by atoms with Gasteiger partial charge in [0.2, 0.25) is 5.79 Å². The average Bonchev–Trinajstić information content (AvgIpc) is 3.34. The molecule has 16 atom stereocenters. The fourth-order valence-electron chi connectivity index (χ4n) is 11.2. The predicted molar refractivity (Wildman–Crippen MR) is 287 cm³/mol. The van der Waals surface area contributed by atoms with Crippen molar-refractivity contribution in [2.45, 2.75) is 225 Å². The van der Waals surface area contributed by atoms with E-state index in [9.17, 15) is 29.4 Å². The Bertz CT molecular complexity index is 1940. The topological polar surface area (TPSA) is 177 Å². The molecule has 1 aliphatic carbocycles. The average molecular weight is 1040 g/mol. The Morgan fingerprint density at radius 1 is 0.808 bits per heavy atom. The second-order valence-electron chi connectivity index (χ2n) is 23.9. The number of aliphatic hydroxyl groups is 2. The molecule has 14 nitrogen and oxygen atoms in total. The Morgan fingerprint density at radius 2 is 1.49 bits per heavy atom. The van der Waals surface area contributed by atoms with Gasteiger partial charge in [-0.05, 0) is 125 Å². The highest BCUT2D eigenvalue weighted by molar-refractivity contribution is 6.74. The van der Waals surface area contributed by atoms with Crippen LogP contribution in [0.1, 0.15) is 146 Å². The highest BCUT2D eigenvalue weighted by Crippen LogP contribution is 2.42. The van der Waals surface area contributed by atoms with Gasteiger partial charge in [-0.3, -0.25) is 14.4 Å². The second kappa shape index (κ2) is 28.0. The number of hydrogen-bond acceptors (Lipinski definition) is 13. The standard InChI is InChI=1S/C58H97NO13Si/c1-36-22-18-17-19-23-37(2)48(66-11)34-44-27-25-42(7)58(65,71-44)54(62)55(63)59-29-21-20-24-45(59)56(64)70-49(35-46(60)38(3)31-41(6)52(68-13)53(69-14)51(61)40(5)30-36)39(4)32-43-26-28-47(50(33-43)67-12)72-73(15,16)57(8,9)10/h17-19,22-23,31,36,38-40,42-50,52-53,60,65H,20-21,24-30,32-35H2,1-16H3/b19-17?,22-18+,37-23?,41-31+/t36-,38-,39-,40-,42-,43+,44+,45+,46-,47?,48+,49+,50-,52-,53+,58-/m1/s1. The predicted octanol–water partition coefficient (Wildman–Crippen LogP) is 9.66. The minimum Gasteiger partial charge on any atom is -0.460 e. The first-order valence-electron chi connectivity index (χ1n) is 27.4. The van der Waals surface area contributed by atoms with E-state index in [1.165, 1.54) is 12.0 Å². The fourth-order valence-corrected chi connectivity index (χ4v) is 12.6. The third-order valence-electron chi connectivity index (χ3n) is 17.1. The van der Waals surface area contributed by atoms with Gasteiger partial charge < -0.3 is 48.0 Å². The number of ketones is 2. The quantitative estimate of drug-likeness (QED) is 0.0967. The van der Waals surface area contributed by atoms with Crippen molar-refractivity contribution in [3.8, 4) is 0 Å². The summed E-state index contributed by atoms with van der Waals surface area (Å²) in [4.78, 5) is 58.8. The molecule has 4 rings (SSSR count). The zero-order valence-corrected chi connectivity index (χ0v) is 48.6. The van der Waals surface area contributed by atoms with Crippen LogP contribution in [-0.2, 0) is 52.0 Å². The number of carbonyl (C=O) groups is 4. The van der Waals surface area contributed by atoms with E-state index in [-0.39, 0.29) is 66.1 Å². The first kappa shape index (κ1) is 62.7. The van der Waals surface area contributed by atoms with Crippen LogP contribution in [0, 0.1) is 35.5 Å². The number of allylic oxidation sites excluding steroid dienone is 5. The van der Waals surface area contributed by atoms with E-state index in [0.29, 0.717) is 44.9 Å². The molecule has 2 N–H and O–H groups in total. The van der Waals surface area contributed by atoms with Gasteiger partial charge in [-0.1, -0.05) is 91.8 Å². The van der Waals surface area contributed by atoms with Crippen molar-refractivity contribution in [1.82, 2.24) is 4.90 Å². The molecular formula is C58H97NO13Si. The molecule has 73 heavy (non-hydrogen) atoms. The lowest BCUT2D eigenvalue weighted by molar-refractivity contribution is -0.265. The van der Waals surface area contributed by atoms with Crippen molar-refractivity contribution in [3.05, 3.63) is 47.6 Å². The van der Waals surface area contributed by atoms with E-state index < -0.39 is 86.3 Å². The van der Waals surface area contributed by atoms with Crippen LogP contribution in [0.25, 0.3) is 0 Å². The number of ether oxygens (including phenoxy) is 6. The van der Waals surface area contributed by atoms with Crippen LogP contribution in [0.4, 0.5) is 0 Å². The van der Waals surface area contributed by atoms with Gasteiger partial charge in [-0.25, -0.2) is 4.79 Å². The molecule has 0 aromatic heterocycles. The van der Waals surface area contributed by atoms with E-state index in [0.717, 1.165) is 30.4 Å². The summed E-state index contributed by atoms with van der Waals surface area (Å²) in [6.45, 7) is 24.8. The summed E-state index contributed by atoms with van der Waals surface area (Å²) in [5.74, 6) is -6.65. The van der Waals surface area contributed by atoms with E-state index in [2.05, 4.69) is 46.9 Å². The summed E-state index contributed by atoms with van der Waals surface area (Å²) in [5.41, 5.74) is 1.62. The molecule has 0 aromatic rings. The Labute approximate surface area is 440 Å². The van der Waals surface area contributed by atoms with E-state index in [1.54, 1.807) is 28.3 Å². The first-order valence-corrected chi connectivity index (χ1v) is 30.3. The fraction of sp³-hybridized carbons (Fsp3) is 0.793. The van der Waals surface area contributed by atoms with Gasteiger partial charge in [0.05, 0.1) is 30.5 Å². The molecule has 3 heterocycles. The number of aliphatic hydroxyl groups excluding tert-OH is 1. The van der Waals surface area contributed by atoms with Gasteiger partial charge in [0.25, 0.3) is 11.7 Å². The largest absolute Gasteiger partial charge is 0.460 e. The number of cyclic esters (lactones) is 1. The molecule has 416 valence electrons. The van der Waals surface area contributed by atoms with E-state index in [4.69, 9.17) is 32.8 Å². The molecule has 1 saturated carbocycles. The maximum Gasteiger partial charge on any atom is 0.329 e. The van der Waals surface area contributed by atoms with Crippen LogP contribution < -0.4 is 0 Å². The van der Waals surface area contributed by atoms with Gasteiger partial charge >= 0.3 is 5.97 Å². The lowest BCUT2D eigenvalue weighted by atomic mass is 9.78. The molecule has 0 spiro atoms. The number of nitrogens with zero attached hydrogens (tertiary/aromatic N) is 1. The van der Waals surface area contributed by atoms with Gasteiger partial charge in [0, 0.05) is 65.6 Å². The van der Waals surface area contributed by atoms with Crippen LogP contribution in [0.3, 0.4) is 0 Å². The molecule has 2 bridgehead atoms. The Kier molecular flexibility index (Phi) is 24.0. The highest BCUT2D eigenvalue weighted by atomic mass is 28.4. The van der Waals surface area contributed by atoms with Gasteiger partial charge in [-0.2, -0.15) is 0 Å². The number of amides is 1. The van der Waals surface area contributed by atoms with Crippen molar-refractivity contribution in [1.29, 1.82) is 0 Å². The molecule has 4 aliphatic rings. The van der Waals surface area contributed by atoms with Crippen molar-refractivity contribution < 1.29 is 62.2 Å². The molecular weight excluding hydrogens is 947 g/mol. The van der Waals surface area contributed by atoms with Crippen molar-refractivity contribution in [2.75, 3.05) is 35.0 Å². The van der Waals surface area contributed by atoms with Crippen LogP contribution in [0.15, 0.2) is 47.6 Å².